The summed E-state index contributed by atoms with van der Waals surface area (Å²) < 4.78 is 41.5. The van der Waals surface area contributed by atoms with E-state index in [1.165, 1.54) is 25.3 Å². The number of carbonyl (C=O) groups excluding carboxylic acids is 1. The number of nitrogens with one attached hydrogen (secondary N) is 1. The number of hydrogen-bond donors (Lipinski definition) is 1. The van der Waals surface area contributed by atoms with Crippen LogP contribution < -0.4 is 19.5 Å². The number of aryl methyl sites for hydroxylation is 1. The van der Waals surface area contributed by atoms with Crippen LogP contribution in [0.25, 0.3) is 0 Å². The number of nitrogens with zero attached hydrogens (tertiary/aromatic N) is 2. The van der Waals surface area contributed by atoms with E-state index in [0.717, 1.165) is 17.0 Å². The Hall–Kier alpha value is -3.62. The lowest BCUT2D eigenvalue weighted by molar-refractivity contribution is -0.0512. The molecule has 0 atom stereocenters. The van der Waals surface area contributed by atoms with Gasteiger partial charge in [-0.2, -0.15) is 13.9 Å². The molecular formula is C22H23F2N3O4. The number of amides is 1. The molecule has 1 N–H and O–H groups in total. The SMILES string of the molecule is COc1cccc(Cn2nc(C)c(NC(=O)c3ccc(OC(F)F)c(OC)c3)c2C)c1. The molecule has 0 fully saturated rings. The molecule has 1 aromatic heterocycles. The van der Waals surface area contributed by atoms with E-state index >= 15 is 0 Å². The van der Waals surface area contributed by atoms with Gasteiger partial charge in [0.25, 0.3) is 5.91 Å². The summed E-state index contributed by atoms with van der Waals surface area (Å²) >= 11 is 0. The average Bonchev–Trinajstić information content (AvgIpc) is 3.01. The summed E-state index contributed by atoms with van der Waals surface area (Å²) in [4.78, 5) is 12.8. The molecule has 0 spiro atoms. The van der Waals surface area contributed by atoms with Crippen molar-refractivity contribution in [3.05, 3.63) is 65.0 Å². The van der Waals surface area contributed by atoms with Crippen LogP contribution >= 0.6 is 0 Å². The van der Waals surface area contributed by atoms with Gasteiger partial charge in [0, 0.05) is 5.56 Å². The van der Waals surface area contributed by atoms with E-state index < -0.39 is 12.5 Å². The fourth-order valence-electron chi connectivity index (χ4n) is 3.16. The van der Waals surface area contributed by atoms with Gasteiger partial charge in [-0.3, -0.25) is 9.48 Å². The van der Waals surface area contributed by atoms with Crippen LogP contribution in [0.1, 0.15) is 27.3 Å². The lowest BCUT2D eigenvalue weighted by atomic mass is 10.1. The first-order valence-corrected chi connectivity index (χ1v) is 9.43. The van der Waals surface area contributed by atoms with Crippen LogP contribution in [0.15, 0.2) is 42.5 Å². The molecule has 9 heteroatoms. The molecule has 1 heterocycles. The molecule has 0 saturated carbocycles. The van der Waals surface area contributed by atoms with Crippen molar-refractivity contribution in [1.82, 2.24) is 9.78 Å². The number of benzene rings is 2. The van der Waals surface area contributed by atoms with E-state index in [-0.39, 0.29) is 17.1 Å². The Kier molecular flexibility index (Phi) is 6.74. The van der Waals surface area contributed by atoms with E-state index in [1.54, 1.807) is 18.7 Å². The summed E-state index contributed by atoms with van der Waals surface area (Å²) in [6.45, 7) is 1.17. The van der Waals surface area contributed by atoms with E-state index in [0.29, 0.717) is 17.9 Å². The molecule has 2 aromatic carbocycles. The maximum atomic E-state index is 12.8. The Labute approximate surface area is 178 Å². The Morgan fingerprint density at radius 1 is 1.10 bits per heavy atom. The molecule has 31 heavy (non-hydrogen) atoms. The molecule has 0 aliphatic carbocycles. The third-order valence-corrected chi connectivity index (χ3v) is 4.73. The highest BCUT2D eigenvalue weighted by Crippen LogP contribution is 2.30. The molecule has 0 unspecified atom stereocenters. The second kappa shape index (κ2) is 9.46. The summed E-state index contributed by atoms with van der Waals surface area (Å²) in [5.74, 6) is 0.220. The number of alkyl halides is 2. The van der Waals surface area contributed by atoms with E-state index in [2.05, 4.69) is 15.2 Å². The Bertz CT molecular complexity index is 1080. The molecule has 3 rings (SSSR count). The zero-order chi connectivity index (χ0) is 22.5. The van der Waals surface area contributed by atoms with Gasteiger partial charge >= 0.3 is 6.61 Å². The van der Waals surface area contributed by atoms with Crippen molar-refractivity contribution in [3.8, 4) is 17.2 Å². The minimum absolute atomic E-state index is 0.0371. The van der Waals surface area contributed by atoms with Crippen LogP contribution in [0.3, 0.4) is 0 Å². The van der Waals surface area contributed by atoms with Gasteiger partial charge in [-0.15, -0.1) is 0 Å². The van der Waals surface area contributed by atoms with Crippen molar-refractivity contribution in [2.45, 2.75) is 27.0 Å². The average molecular weight is 431 g/mol. The van der Waals surface area contributed by atoms with Gasteiger partial charge in [0.05, 0.1) is 37.8 Å². The lowest BCUT2D eigenvalue weighted by Crippen LogP contribution is -2.14. The highest BCUT2D eigenvalue weighted by Gasteiger charge is 2.18. The van der Waals surface area contributed by atoms with E-state index in [9.17, 15) is 13.6 Å². The predicted molar refractivity (Wildman–Crippen MR) is 111 cm³/mol. The fourth-order valence-corrected chi connectivity index (χ4v) is 3.16. The summed E-state index contributed by atoms with van der Waals surface area (Å²) in [7, 11) is 2.92. The third kappa shape index (κ3) is 5.11. The second-order valence-electron chi connectivity index (χ2n) is 6.75. The zero-order valence-corrected chi connectivity index (χ0v) is 17.6. The van der Waals surface area contributed by atoms with Crippen LogP contribution in [-0.2, 0) is 6.54 Å². The van der Waals surface area contributed by atoms with Crippen molar-refractivity contribution in [3.63, 3.8) is 0 Å². The quantitative estimate of drug-likeness (QED) is 0.572. The number of anilines is 1. The van der Waals surface area contributed by atoms with Gasteiger partial charge in [-0.25, -0.2) is 0 Å². The molecule has 164 valence electrons. The maximum absolute atomic E-state index is 12.8. The summed E-state index contributed by atoms with van der Waals surface area (Å²) in [5.41, 5.74) is 3.25. The van der Waals surface area contributed by atoms with Crippen molar-refractivity contribution < 1.29 is 27.8 Å². The van der Waals surface area contributed by atoms with Gasteiger partial charge in [-0.1, -0.05) is 12.1 Å². The van der Waals surface area contributed by atoms with Gasteiger partial charge in [0.2, 0.25) is 0 Å². The topological polar surface area (TPSA) is 74.6 Å². The highest BCUT2D eigenvalue weighted by molar-refractivity contribution is 6.05. The standard InChI is InChI=1S/C22H23F2N3O4/c1-13-20(14(2)27(26-13)12-15-6-5-7-17(10-15)29-3)25-21(28)16-8-9-18(31-22(23)24)19(11-16)30-4/h5-11,22H,12H2,1-4H3,(H,25,28). The normalized spacial score (nSPS) is 10.8. The Balaban J connectivity index is 1.80. The minimum Gasteiger partial charge on any atom is -0.497 e. The first kappa shape index (κ1) is 22.1. The van der Waals surface area contributed by atoms with Crippen molar-refractivity contribution >= 4 is 11.6 Å². The first-order valence-electron chi connectivity index (χ1n) is 9.43. The molecule has 0 aliphatic rings. The Morgan fingerprint density at radius 2 is 1.87 bits per heavy atom. The number of rotatable bonds is 8. The smallest absolute Gasteiger partial charge is 0.387 e. The largest absolute Gasteiger partial charge is 0.497 e. The number of ether oxygens (including phenoxy) is 3. The summed E-state index contributed by atoms with van der Waals surface area (Å²) in [6, 6.07) is 11.7. The molecule has 0 aliphatic heterocycles. The van der Waals surface area contributed by atoms with E-state index in [1.807, 2.05) is 31.2 Å². The number of halogens is 2. The molecular weight excluding hydrogens is 408 g/mol. The monoisotopic (exact) mass is 431 g/mol. The molecule has 7 nitrogen and oxygen atoms in total. The minimum atomic E-state index is -2.99. The van der Waals surface area contributed by atoms with Gasteiger partial charge < -0.3 is 19.5 Å². The second-order valence-corrected chi connectivity index (χ2v) is 6.75. The van der Waals surface area contributed by atoms with E-state index in [4.69, 9.17) is 9.47 Å². The molecule has 3 aromatic rings. The number of aromatic nitrogens is 2. The van der Waals surface area contributed by atoms with Crippen molar-refractivity contribution in [1.29, 1.82) is 0 Å². The van der Waals surface area contributed by atoms with Crippen molar-refractivity contribution in [2.75, 3.05) is 19.5 Å². The number of methoxy groups -OCH3 is 2. The van der Waals surface area contributed by atoms with Crippen LogP contribution in [0.2, 0.25) is 0 Å². The molecule has 0 saturated heterocycles. The third-order valence-electron chi connectivity index (χ3n) is 4.73. The maximum Gasteiger partial charge on any atom is 0.387 e. The number of hydrogen-bond acceptors (Lipinski definition) is 5. The highest BCUT2D eigenvalue weighted by atomic mass is 19.3. The van der Waals surface area contributed by atoms with Gasteiger partial charge in [0.15, 0.2) is 11.5 Å². The molecule has 0 bridgehead atoms. The lowest BCUT2D eigenvalue weighted by Gasteiger charge is -2.12. The van der Waals surface area contributed by atoms with Crippen LogP contribution in [0.5, 0.6) is 17.2 Å². The van der Waals surface area contributed by atoms with Crippen LogP contribution in [0, 0.1) is 13.8 Å². The molecule has 0 radical (unpaired) electrons. The van der Waals surface area contributed by atoms with Gasteiger partial charge in [-0.05, 0) is 49.7 Å². The van der Waals surface area contributed by atoms with Crippen molar-refractivity contribution in [2.24, 2.45) is 0 Å². The predicted octanol–water partition coefficient (Wildman–Crippen LogP) is 4.42. The van der Waals surface area contributed by atoms with Crippen LogP contribution in [-0.4, -0.2) is 36.5 Å². The number of carbonyl (C=O) groups is 1. The summed E-state index contributed by atoms with van der Waals surface area (Å²) in [6.07, 6.45) is 0. The zero-order valence-electron chi connectivity index (χ0n) is 17.6. The van der Waals surface area contributed by atoms with Gasteiger partial charge in [0.1, 0.15) is 5.75 Å². The van der Waals surface area contributed by atoms with Crippen LogP contribution in [0.4, 0.5) is 14.5 Å². The Morgan fingerprint density at radius 3 is 2.55 bits per heavy atom. The summed E-state index contributed by atoms with van der Waals surface area (Å²) in [5, 5.41) is 7.36. The fraction of sp³-hybridized carbons (Fsp3) is 0.273. The first-order chi connectivity index (χ1) is 14.8. The molecule has 1 amide bonds.